The van der Waals surface area contributed by atoms with Crippen LogP contribution in [0.4, 0.5) is 18.9 Å². The first-order valence-electron chi connectivity index (χ1n) is 6.25. The molecular weight excluding hydrogens is 267 g/mol. The van der Waals surface area contributed by atoms with Crippen LogP contribution in [0.25, 0.3) is 0 Å². The highest BCUT2D eigenvalue weighted by Crippen LogP contribution is 2.27. The number of aliphatic imine (C=N–C) groups is 1. The zero-order valence-electron chi connectivity index (χ0n) is 11.8. The molecule has 0 aromatic heterocycles. The van der Waals surface area contributed by atoms with Crippen molar-refractivity contribution in [1.82, 2.24) is 0 Å². The van der Waals surface area contributed by atoms with E-state index < -0.39 is 12.0 Å². The van der Waals surface area contributed by atoms with Gasteiger partial charge >= 0.3 is 6.18 Å². The lowest BCUT2D eigenvalue weighted by atomic mass is 10.0. The van der Waals surface area contributed by atoms with Gasteiger partial charge in [0.15, 0.2) is 0 Å². The number of alkyl halides is 3. The average molecular weight is 285 g/mol. The van der Waals surface area contributed by atoms with E-state index in [0.29, 0.717) is 10.7 Å². The fraction of sp³-hybridized carbons (Fsp3) is 0.429. The predicted octanol–water partition coefficient (Wildman–Crippen LogP) is 3.96. The molecular formula is C14H18F3N3. The highest BCUT2D eigenvalue weighted by molar-refractivity contribution is 6.01. The van der Waals surface area contributed by atoms with Crippen LogP contribution in [0.1, 0.15) is 24.5 Å². The molecule has 1 aromatic rings. The van der Waals surface area contributed by atoms with Crippen LogP contribution in [0.15, 0.2) is 28.3 Å². The molecule has 0 heterocycles. The van der Waals surface area contributed by atoms with Crippen molar-refractivity contribution in [2.75, 3.05) is 12.1 Å². The molecule has 0 N–H and O–H groups in total. The fourth-order valence-electron chi connectivity index (χ4n) is 1.97. The van der Waals surface area contributed by atoms with Crippen LogP contribution in [0.2, 0.25) is 0 Å². The van der Waals surface area contributed by atoms with E-state index in [1.165, 1.54) is 0 Å². The Bertz CT molecular complexity index is 507. The number of rotatable bonds is 4. The van der Waals surface area contributed by atoms with Gasteiger partial charge in [-0.25, -0.2) is 5.01 Å². The quantitative estimate of drug-likeness (QED) is 0.467. The third-order valence-corrected chi connectivity index (χ3v) is 2.90. The summed E-state index contributed by atoms with van der Waals surface area (Å²) < 4.78 is 38.7. The summed E-state index contributed by atoms with van der Waals surface area (Å²) in [6.45, 7) is 7.12. The van der Waals surface area contributed by atoms with Gasteiger partial charge < -0.3 is 0 Å². The Morgan fingerprint density at radius 1 is 1.35 bits per heavy atom. The Morgan fingerprint density at radius 3 is 2.40 bits per heavy atom. The number of halogens is 3. The van der Waals surface area contributed by atoms with E-state index in [-0.39, 0.29) is 0 Å². The molecule has 20 heavy (non-hydrogen) atoms. The molecule has 1 aromatic carbocycles. The Kier molecular flexibility index (Phi) is 5.30. The van der Waals surface area contributed by atoms with E-state index in [1.54, 1.807) is 12.1 Å². The molecule has 0 saturated carbocycles. The van der Waals surface area contributed by atoms with Gasteiger partial charge in [0, 0.05) is 13.8 Å². The SMILES string of the molecule is C=NN(C(=NC)C(F)(F)F)c1ccc(CCC)c(C)c1. The van der Waals surface area contributed by atoms with Gasteiger partial charge in [0.25, 0.3) is 0 Å². The van der Waals surface area contributed by atoms with E-state index in [0.717, 1.165) is 31.0 Å². The van der Waals surface area contributed by atoms with Gasteiger partial charge in [-0.3, -0.25) is 4.99 Å². The second-order valence-electron chi connectivity index (χ2n) is 4.36. The van der Waals surface area contributed by atoms with Crippen LogP contribution < -0.4 is 5.01 Å². The third kappa shape index (κ3) is 3.59. The molecule has 0 aliphatic heterocycles. The third-order valence-electron chi connectivity index (χ3n) is 2.90. The number of nitrogens with zero attached hydrogens (tertiary/aromatic N) is 3. The maximum Gasteiger partial charge on any atom is 0.451 e. The summed E-state index contributed by atoms with van der Waals surface area (Å²) in [6, 6.07) is 5.08. The van der Waals surface area contributed by atoms with E-state index in [1.807, 2.05) is 13.0 Å². The number of amidine groups is 1. The van der Waals surface area contributed by atoms with Crippen molar-refractivity contribution in [1.29, 1.82) is 0 Å². The van der Waals surface area contributed by atoms with Gasteiger partial charge in [-0.2, -0.15) is 18.3 Å². The minimum Gasteiger partial charge on any atom is -0.266 e. The van der Waals surface area contributed by atoms with Crippen LogP contribution in [-0.4, -0.2) is 25.8 Å². The van der Waals surface area contributed by atoms with E-state index in [2.05, 4.69) is 23.7 Å². The lowest BCUT2D eigenvalue weighted by Gasteiger charge is -2.22. The van der Waals surface area contributed by atoms with Gasteiger partial charge in [0.05, 0.1) is 5.69 Å². The molecule has 0 unspecified atom stereocenters. The van der Waals surface area contributed by atoms with Gasteiger partial charge in [-0.1, -0.05) is 19.4 Å². The van der Waals surface area contributed by atoms with Crippen LogP contribution in [0, 0.1) is 6.92 Å². The van der Waals surface area contributed by atoms with Crippen molar-refractivity contribution < 1.29 is 13.2 Å². The van der Waals surface area contributed by atoms with E-state index in [4.69, 9.17) is 0 Å². The highest BCUT2D eigenvalue weighted by Gasteiger charge is 2.40. The van der Waals surface area contributed by atoms with Crippen molar-refractivity contribution in [2.45, 2.75) is 32.9 Å². The maximum atomic E-state index is 12.9. The Balaban J connectivity index is 3.20. The normalized spacial score (nSPS) is 12.4. The zero-order valence-corrected chi connectivity index (χ0v) is 11.8. The van der Waals surface area contributed by atoms with Gasteiger partial charge in [0.2, 0.25) is 5.84 Å². The first-order chi connectivity index (χ1) is 9.35. The molecule has 0 atom stereocenters. The van der Waals surface area contributed by atoms with Crippen LogP contribution in [0.5, 0.6) is 0 Å². The van der Waals surface area contributed by atoms with Gasteiger partial charge in [-0.05, 0) is 36.6 Å². The summed E-state index contributed by atoms with van der Waals surface area (Å²) in [5, 5.41) is 4.16. The molecule has 0 fully saturated rings. The summed E-state index contributed by atoms with van der Waals surface area (Å²) in [5.41, 5.74) is 2.34. The summed E-state index contributed by atoms with van der Waals surface area (Å²) in [7, 11) is 1.08. The zero-order chi connectivity index (χ0) is 15.3. The summed E-state index contributed by atoms with van der Waals surface area (Å²) in [4.78, 5) is 3.28. The van der Waals surface area contributed by atoms with Gasteiger partial charge in [-0.15, -0.1) is 0 Å². The molecule has 0 radical (unpaired) electrons. The predicted molar refractivity (Wildman–Crippen MR) is 76.6 cm³/mol. The lowest BCUT2D eigenvalue weighted by molar-refractivity contribution is -0.0602. The lowest BCUT2D eigenvalue weighted by Crippen LogP contribution is -2.38. The van der Waals surface area contributed by atoms with E-state index >= 15 is 0 Å². The Morgan fingerprint density at radius 2 is 2.00 bits per heavy atom. The molecule has 0 spiro atoms. The van der Waals surface area contributed by atoms with Crippen LogP contribution in [0.3, 0.4) is 0 Å². The van der Waals surface area contributed by atoms with Crippen molar-refractivity contribution in [3.8, 4) is 0 Å². The fourth-order valence-corrected chi connectivity index (χ4v) is 1.97. The number of hydrogen-bond acceptors (Lipinski definition) is 2. The number of benzene rings is 1. The van der Waals surface area contributed by atoms with Crippen molar-refractivity contribution in [2.24, 2.45) is 10.1 Å². The second-order valence-corrected chi connectivity index (χ2v) is 4.36. The summed E-state index contributed by atoms with van der Waals surface area (Å²) in [6.07, 6.45) is -2.71. The molecule has 0 aliphatic rings. The molecule has 0 bridgehead atoms. The van der Waals surface area contributed by atoms with Crippen molar-refractivity contribution >= 4 is 18.2 Å². The largest absolute Gasteiger partial charge is 0.451 e. The molecule has 110 valence electrons. The number of hydrazone groups is 1. The van der Waals surface area contributed by atoms with Crippen LogP contribution in [-0.2, 0) is 6.42 Å². The van der Waals surface area contributed by atoms with Gasteiger partial charge in [0.1, 0.15) is 0 Å². The minimum absolute atomic E-state index is 0.301. The molecule has 0 amide bonds. The van der Waals surface area contributed by atoms with Crippen molar-refractivity contribution in [3.63, 3.8) is 0 Å². The number of anilines is 1. The first kappa shape index (κ1) is 16.2. The summed E-state index contributed by atoms with van der Waals surface area (Å²) >= 11 is 0. The highest BCUT2D eigenvalue weighted by atomic mass is 19.4. The molecule has 0 aliphatic carbocycles. The van der Waals surface area contributed by atoms with E-state index in [9.17, 15) is 13.2 Å². The Hall–Kier alpha value is -1.85. The second kappa shape index (κ2) is 6.54. The minimum atomic E-state index is -4.58. The monoisotopic (exact) mass is 285 g/mol. The molecule has 1 rings (SSSR count). The molecule has 6 heteroatoms. The number of hydrogen-bond donors (Lipinski definition) is 0. The maximum absolute atomic E-state index is 12.9. The number of aryl methyl sites for hydroxylation is 2. The average Bonchev–Trinajstić information content (AvgIpc) is 2.37. The van der Waals surface area contributed by atoms with Crippen molar-refractivity contribution in [3.05, 3.63) is 29.3 Å². The Labute approximate surface area is 116 Å². The first-order valence-corrected chi connectivity index (χ1v) is 6.25. The smallest absolute Gasteiger partial charge is 0.266 e. The molecule has 0 saturated heterocycles. The standard InChI is InChI=1S/C14H18F3N3/c1-5-6-11-7-8-12(9-10(11)2)20(19-4)13(18-3)14(15,16)17/h7-9H,4-6H2,1-3H3. The molecule has 3 nitrogen and oxygen atoms in total. The topological polar surface area (TPSA) is 28.0 Å². The van der Waals surface area contributed by atoms with Crippen LogP contribution >= 0.6 is 0 Å². The summed E-state index contributed by atoms with van der Waals surface area (Å²) in [5.74, 6) is -1.09.